The molecule has 98 valence electrons. The molecule has 1 aromatic rings. The lowest BCUT2D eigenvalue weighted by Gasteiger charge is -2.26. The van der Waals surface area contributed by atoms with Gasteiger partial charge in [-0.05, 0) is 43.4 Å². The molecule has 1 aliphatic carbocycles. The van der Waals surface area contributed by atoms with Gasteiger partial charge in [0.15, 0.2) is 0 Å². The van der Waals surface area contributed by atoms with Gasteiger partial charge >= 0.3 is 5.97 Å². The number of hydrogen-bond acceptors (Lipinski definition) is 2. The Bertz CT molecular complexity index is 411. The van der Waals surface area contributed by atoms with Crippen LogP contribution in [0.4, 0.5) is 0 Å². The van der Waals surface area contributed by atoms with E-state index in [4.69, 9.17) is 21.4 Å². The number of benzene rings is 1. The Morgan fingerprint density at radius 1 is 1.33 bits per heavy atom. The molecule has 0 spiro atoms. The number of rotatable bonds is 4. The molecule has 4 heteroatoms. The molecular weight excluding hydrogens is 252 g/mol. The fourth-order valence-corrected chi connectivity index (χ4v) is 2.53. The molecule has 1 saturated carbocycles. The summed E-state index contributed by atoms with van der Waals surface area (Å²) >= 11 is 5.90. The molecule has 0 unspecified atom stereocenters. The third kappa shape index (κ3) is 3.72. The maximum Gasteiger partial charge on any atom is 0.306 e. The minimum Gasteiger partial charge on any atom is -0.481 e. The molecule has 0 aliphatic heterocycles. The van der Waals surface area contributed by atoms with E-state index in [1.807, 2.05) is 24.3 Å². The molecule has 1 N–H and O–H groups in total. The van der Waals surface area contributed by atoms with Crippen molar-refractivity contribution in [2.24, 2.45) is 5.92 Å². The van der Waals surface area contributed by atoms with Crippen LogP contribution in [0.5, 0.6) is 0 Å². The van der Waals surface area contributed by atoms with E-state index in [0.717, 1.165) is 31.2 Å². The van der Waals surface area contributed by atoms with Gasteiger partial charge in [0.05, 0.1) is 18.6 Å². The second-order valence-electron chi connectivity index (χ2n) is 4.75. The summed E-state index contributed by atoms with van der Waals surface area (Å²) in [5.41, 5.74) is 1.06. The van der Waals surface area contributed by atoms with Crippen molar-refractivity contribution >= 4 is 17.6 Å². The Labute approximate surface area is 112 Å². The lowest BCUT2D eigenvalue weighted by atomic mass is 9.87. The third-order valence-corrected chi connectivity index (χ3v) is 3.63. The SMILES string of the molecule is O=C(O)C1CCC(OCc2cccc(Cl)c2)CC1. The first-order valence-electron chi connectivity index (χ1n) is 6.24. The van der Waals surface area contributed by atoms with E-state index in [-0.39, 0.29) is 12.0 Å². The number of carboxylic acids is 1. The zero-order chi connectivity index (χ0) is 13.0. The fraction of sp³-hybridized carbons (Fsp3) is 0.500. The van der Waals surface area contributed by atoms with Crippen LogP contribution in [-0.2, 0) is 16.1 Å². The van der Waals surface area contributed by atoms with Crippen molar-refractivity contribution in [3.8, 4) is 0 Å². The van der Waals surface area contributed by atoms with Gasteiger partial charge in [-0.15, -0.1) is 0 Å². The maximum absolute atomic E-state index is 10.8. The first-order chi connectivity index (χ1) is 8.65. The summed E-state index contributed by atoms with van der Waals surface area (Å²) in [6.45, 7) is 0.545. The molecule has 2 rings (SSSR count). The molecule has 1 aliphatic rings. The first kappa shape index (κ1) is 13.4. The Balaban J connectivity index is 1.77. The lowest BCUT2D eigenvalue weighted by Crippen LogP contribution is -2.25. The number of hydrogen-bond donors (Lipinski definition) is 1. The molecule has 0 amide bonds. The molecule has 0 saturated heterocycles. The van der Waals surface area contributed by atoms with Crippen molar-refractivity contribution in [1.82, 2.24) is 0 Å². The topological polar surface area (TPSA) is 46.5 Å². The number of aliphatic carboxylic acids is 1. The van der Waals surface area contributed by atoms with Crippen molar-refractivity contribution in [3.05, 3.63) is 34.9 Å². The van der Waals surface area contributed by atoms with Crippen molar-refractivity contribution in [1.29, 1.82) is 0 Å². The summed E-state index contributed by atoms with van der Waals surface area (Å²) in [6, 6.07) is 7.62. The monoisotopic (exact) mass is 268 g/mol. The molecule has 3 nitrogen and oxygen atoms in total. The summed E-state index contributed by atoms with van der Waals surface area (Å²) < 4.78 is 5.80. The standard InChI is InChI=1S/C14H17ClO3/c15-12-3-1-2-10(8-12)9-18-13-6-4-11(5-7-13)14(16)17/h1-3,8,11,13H,4-7,9H2,(H,16,17). The zero-order valence-corrected chi connectivity index (χ0v) is 10.9. The van der Waals surface area contributed by atoms with E-state index >= 15 is 0 Å². The average Bonchev–Trinajstić information content (AvgIpc) is 2.37. The summed E-state index contributed by atoms with van der Waals surface area (Å²) in [7, 11) is 0. The van der Waals surface area contributed by atoms with Crippen LogP contribution in [-0.4, -0.2) is 17.2 Å². The summed E-state index contributed by atoms with van der Waals surface area (Å²) in [5.74, 6) is -0.862. The third-order valence-electron chi connectivity index (χ3n) is 3.40. The smallest absolute Gasteiger partial charge is 0.306 e. The van der Waals surface area contributed by atoms with Crippen molar-refractivity contribution in [2.45, 2.75) is 38.4 Å². The summed E-state index contributed by atoms with van der Waals surface area (Å²) in [6.07, 6.45) is 3.28. The van der Waals surface area contributed by atoms with Gasteiger partial charge in [0.1, 0.15) is 0 Å². The van der Waals surface area contributed by atoms with E-state index in [9.17, 15) is 4.79 Å². The molecule has 0 atom stereocenters. The Morgan fingerprint density at radius 3 is 2.67 bits per heavy atom. The Morgan fingerprint density at radius 2 is 2.06 bits per heavy atom. The molecule has 0 radical (unpaired) electrons. The van der Waals surface area contributed by atoms with Crippen LogP contribution in [0.2, 0.25) is 5.02 Å². The lowest BCUT2D eigenvalue weighted by molar-refractivity contribution is -0.143. The highest BCUT2D eigenvalue weighted by molar-refractivity contribution is 6.30. The molecule has 18 heavy (non-hydrogen) atoms. The molecule has 1 aromatic carbocycles. The fourth-order valence-electron chi connectivity index (χ4n) is 2.32. The van der Waals surface area contributed by atoms with E-state index in [0.29, 0.717) is 11.6 Å². The minimum atomic E-state index is -0.678. The largest absolute Gasteiger partial charge is 0.481 e. The van der Waals surface area contributed by atoms with Crippen LogP contribution in [0.15, 0.2) is 24.3 Å². The van der Waals surface area contributed by atoms with E-state index in [2.05, 4.69) is 0 Å². The molecule has 0 heterocycles. The quantitative estimate of drug-likeness (QED) is 0.909. The Hall–Kier alpha value is -1.06. The van der Waals surface area contributed by atoms with Crippen molar-refractivity contribution in [2.75, 3.05) is 0 Å². The van der Waals surface area contributed by atoms with Gasteiger partial charge in [0.2, 0.25) is 0 Å². The Kier molecular flexibility index (Phi) is 4.61. The molecule has 0 bridgehead atoms. The average molecular weight is 269 g/mol. The summed E-state index contributed by atoms with van der Waals surface area (Å²) in [4.78, 5) is 10.8. The van der Waals surface area contributed by atoms with Crippen molar-refractivity contribution < 1.29 is 14.6 Å². The van der Waals surface area contributed by atoms with E-state index in [1.165, 1.54) is 0 Å². The van der Waals surface area contributed by atoms with E-state index in [1.54, 1.807) is 0 Å². The van der Waals surface area contributed by atoms with Crippen LogP contribution in [0.3, 0.4) is 0 Å². The predicted molar refractivity (Wildman–Crippen MR) is 69.6 cm³/mol. The van der Waals surface area contributed by atoms with Crippen molar-refractivity contribution in [3.63, 3.8) is 0 Å². The number of carboxylic acid groups (broad SMARTS) is 1. The van der Waals surface area contributed by atoms with Gasteiger partial charge in [0, 0.05) is 5.02 Å². The van der Waals surface area contributed by atoms with Crippen LogP contribution in [0, 0.1) is 5.92 Å². The van der Waals surface area contributed by atoms with Gasteiger partial charge < -0.3 is 9.84 Å². The molecule has 1 fully saturated rings. The highest BCUT2D eigenvalue weighted by atomic mass is 35.5. The first-order valence-corrected chi connectivity index (χ1v) is 6.62. The van der Waals surface area contributed by atoms with E-state index < -0.39 is 5.97 Å². The highest BCUT2D eigenvalue weighted by Gasteiger charge is 2.26. The van der Waals surface area contributed by atoms with Crippen LogP contribution >= 0.6 is 11.6 Å². The van der Waals surface area contributed by atoms with Gasteiger partial charge in [-0.2, -0.15) is 0 Å². The normalized spacial score (nSPS) is 23.8. The second-order valence-corrected chi connectivity index (χ2v) is 5.19. The van der Waals surface area contributed by atoms with Gasteiger partial charge in [-0.1, -0.05) is 23.7 Å². The number of halogens is 1. The number of ether oxygens (including phenoxy) is 1. The summed E-state index contributed by atoms with van der Waals surface area (Å²) in [5, 5.41) is 9.62. The molecule has 0 aromatic heterocycles. The second kappa shape index (κ2) is 6.21. The van der Waals surface area contributed by atoms with Gasteiger partial charge in [0.25, 0.3) is 0 Å². The maximum atomic E-state index is 10.8. The van der Waals surface area contributed by atoms with Crippen LogP contribution in [0.25, 0.3) is 0 Å². The van der Waals surface area contributed by atoms with Crippen LogP contribution < -0.4 is 0 Å². The van der Waals surface area contributed by atoms with Gasteiger partial charge in [-0.25, -0.2) is 0 Å². The molecular formula is C14H17ClO3. The zero-order valence-electron chi connectivity index (χ0n) is 10.1. The van der Waals surface area contributed by atoms with Gasteiger partial charge in [-0.3, -0.25) is 4.79 Å². The predicted octanol–water partition coefficient (Wildman–Crippen LogP) is 3.50. The number of carbonyl (C=O) groups is 1. The van der Waals surface area contributed by atoms with Crippen LogP contribution in [0.1, 0.15) is 31.2 Å². The minimum absolute atomic E-state index is 0.180. The highest BCUT2D eigenvalue weighted by Crippen LogP contribution is 2.27.